The van der Waals surface area contributed by atoms with Gasteiger partial charge in [0, 0.05) is 24.2 Å². The lowest BCUT2D eigenvalue weighted by Crippen LogP contribution is -2.45. The Morgan fingerprint density at radius 3 is 2.28 bits per heavy atom. The van der Waals surface area contributed by atoms with Crippen molar-refractivity contribution in [2.45, 2.75) is 43.2 Å². The van der Waals surface area contributed by atoms with Crippen LogP contribution in [0.4, 0.5) is 5.69 Å². The molecular formula is C21H27NO2S. The largest absolute Gasteiger partial charge is 0.361 e. The molecule has 2 unspecified atom stereocenters. The molecule has 0 N–H and O–H groups in total. The zero-order valence-electron chi connectivity index (χ0n) is 15.2. The Labute approximate surface area is 155 Å². The van der Waals surface area contributed by atoms with E-state index in [0.717, 1.165) is 6.54 Å². The number of hydrogen-bond acceptors (Lipinski definition) is 4. The molecule has 1 aliphatic heterocycles. The minimum absolute atomic E-state index is 0.204. The first-order valence-electron chi connectivity index (χ1n) is 9.05. The van der Waals surface area contributed by atoms with E-state index in [2.05, 4.69) is 66.4 Å². The van der Waals surface area contributed by atoms with Crippen molar-refractivity contribution < 1.29 is 9.47 Å². The molecule has 1 aliphatic rings. The molecule has 0 amide bonds. The maximum atomic E-state index is 5.82. The van der Waals surface area contributed by atoms with Crippen LogP contribution < -0.4 is 4.90 Å². The second-order valence-electron chi connectivity index (χ2n) is 6.15. The monoisotopic (exact) mass is 357 g/mol. The fraction of sp³-hybridized carbons (Fsp3) is 0.429. The SMILES string of the molecule is CCOC(CN1c2ccccc2SC(c2ccccc2)C1C)OCC. The minimum atomic E-state index is -0.204. The lowest BCUT2D eigenvalue weighted by molar-refractivity contribution is -0.130. The van der Waals surface area contributed by atoms with Gasteiger partial charge in [0.15, 0.2) is 6.29 Å². The number of benzene rings is 2. The predicted molar refractivity (Wildman–Crippen MR) is 105 cm³/mol. The second kappa shape index (κ2) is 8.75. The summed E-state index contributed by atoms with van der Waals surface area (Å²) in [6, 6.07) is 19.8. The van der Waals surface area contributed by atoms with Gasteiger partial charge in [0.25, 0.3) is 0 Å². The third-order valence-corrected chi connectivity index (χ3v) is 6.06. The van der Waals surface area contributed by atoms with Gasteiger partial charge in [0.1, 0.15) is 0 Å². The van der Waals surface area contributed by atoms with Gasteiger partial charge in [-0.15, -0.1) is 11.8 Å². The fourth-order valence-corrected chi connectivity index (χ4v) is 4.73. The van der Waals surface area contributed by atoms with E-state index in [-0.39, 0.29) is 6.29 Å². The summed E-state index contributed by atoms with van der Waals surface area (Å²) < 4.78 is 11.6. The molecule has 1 heterocycles. The maximum absolute atomic E-state index is 5.82. The standard InChI is InChI=1S/C21H27NO2S/c1-4-23-20(24-5-2)15-22-16(3)21(17-11-7-6-8-12-17)25-19-14-10-9-13-18(19)22/h6-14,16,20-21H,4-5,15H2,1-3H3. The van der Waals surface area contributed by atoms with Crippen molar-refractivity contribution in [2.24, 2.45) is 0 Å². The number of hydrogen-bond donors (Lipinski definition) is 0. The van der Waals surface area contributed by atoms with Crippen LogP contribution in [0.1, 0.15) is 31.6 Å². The number of nitrogens with zero attached hydrogens (tertiary/aromatic N) is 1. The molecule has 0 aliphatic carbocycles. The molecule has 25 heavy (non-hydrogen) atoms. The van der Waals surface area contributed by atoms with Gasteiger partial charge in [-0.05, 0) is 38.5 Å². The van der Waals surface area contributed by atoms with Gasteiger partial charge in [-0.1, -0.05) is 42.5 Å². The molecule has 134 valence electrons. The average molecular weight is 358 g/mol. The highest BCUT2D eigenvalue weighted by molar-refractivity contribution is 7.99. The van der Waals surface area contributed by atoms with E-state index < -0.39 is 0 Å². The van der Waals surface area contributed by atoms with Crippen LogP contribution in [0.2, 0.25) is 0 Å². The summed E-state index contributed by atoms with van der Waals surface area (Å²) in [5.41, 5.74) is 2.64. The molecule has 0 saturated heterocycles. The van der Waals surface area contributed by atoms with Crippen LogP contribution in [0.15, 0.2) is 59.5 Å². The van der Waals surface area contributed by atoms with Gasteiger partial charge in [-0.2, -0.15) is 0 Å². The lowest BCUT2D eigenvalue weighted by atomic mass is 10.0. The van der Waals surface area contributed by atoms with Crippen molar-refractivity contribution in [3.8, 4) is 0 Å². The third kappa shape index (κ3) is 4.20. The summed E-state index contributed by atoms with van der Waals surface area (Å²) in [6.07, 6.45) is -0.204. The van der Waals surface area contributed by atoms with Gasteiger partial charge in [0.05, 0.1) is 17.5 Å². The first-order chi connectivity index (χ1) is 12.2. The van der Waals surface area contributed by atoms with E-state index in [1.54, 1.807) is 0 Å². The number of anilines is 1. The molecule has 2 atom stereocenters. The smallest absolute Gasteiger partial charge is 0.174 e. The Bertz CT molecular complexity index is 658. The Kier molecular flexibility index (Phi) is 6.40. The average Bonchev–Trinajstić information content (AvgIpc) is 2.65. The Hall–Kier alpha value is -1.49. The topological polar surface area (TPSA) is 21.7 Å². The molecular weight excluding hydrogens is 330 g/mol. The Balaban J connectivity index is 1.91. The first-order valence-corrected chi connectivity index (χ1v) is 9.93. The lowest BCUT2D eigenvalue weighted by Gasteiger charge is -2.43. The van der Waals surface area contributed by atoms with Gasteiger partial charge >= 0.3 is 0 Å². The zero-order valence-corrected chi connectivity index (χ0v) is 16.0. The van der Waals surface area contributed by atoms with Crippen LogP contribution in [0, 0.1) is 0 Å². The number of ether oxygens (including phenoxy) is 2. The van der Waals surface area contributed by atoms with E-state index in [9.17, 15) is 0 Å². The molecule has 0 fully saturated rings. The predicted octanol–water partition coefficient (Wildman–Crippen LogP) is 5.13. The van der Waals surface area contributed by atoms with Crippen LogP contribution in [0.25, 0.3) is 0 Å². The van der Waals surface area contributed by atoms with Crippen LogP contribution in [-0.2, 0) is 9.47 Å². The number of para-hydroxylation sites is 1. The van der Waals surface area contributed by atoms with Crippen LogP contribution in [-0.4, -0.2) is 32.1 Å². The fourth-order valence-electron chi connectivity index (χ4n) is 3.35. The highest BCUT2D eigenvalue weighted by atomic mass is 32.2. The van der Waals surface area contributed by atoms with Crippen molar-refractivity contribution in [1.82, 2.24) is 0 Å². The summed E-state index contributed by atoms with van der Waals surface area (Å²) >= 11 is 1.95. The molecule has 2 aromatic rings. The molecule has 0 bridgehead atoms. The molecule has 2 aromatic carbocycles. The first kappa shape index (κ1) is 18.3. The van der Waals surface area contributed by atoms with Crippen molar-refractivity contribution in [2.75, 3.05) is 24.7 Å². The third-order valence-electron chi connectivity index (χ3n) is 4.54. The van der Waals surface area contributed by atoms with Crippen LogP contribution >= 0.6 is 11.8 Å². The molecule has 0 aromatic heterocycles. The number of fused-ring (bicyclic) bond motifs is 1. The van der Waals surface area contributed by atoms with Crippen molar-refractivity contribution in [3.63, 3.8) is 0 Å². The van der Waals surface area contributed by atoms with Gasteiger partial charge in [-0.3, -0.25) is 0 Å². The quantitative estimate of drug-likeness (QED) is 0.641. The normalized spacial score (nSPS) is 19.9. The number of rotatable bonds is 7. The van der Waals surface area contributed by atoms with Crippen LogP contribution in [0.3, 0.4) is 0 Å². The summed E-state index contributed by atoms with van der Waals surface area (Å²) in [5, 5.41) is 0.389. The van der Waals surface area contributed by atoms with Gasteiger partial charge in [0.2, 0.25) is 0 Å². The van der Waals surface area contributed by atoms with Gasteiger partial charge in [-0.25, -0.2) is 0 Å². The summed E-state index contributed by atoms with van der Waals surface area (Å²) in [6.45, 7) is 8.39. The van der Waals surface area contributed by atoms with E-state index in [0.29, 0.717) is 24.5 Å². The highest BCUT2D eigenvalue weighted by Crippen LogP contribution is 2.49. The molecule has 0 radical (unpaired) electrons. The summed E-state index contributed by atoms with van der Waals surface area (Å²) in [5.74, 6) is 0. The van der Waals surface area contributed by atoms with E-state index in [1.807, 2.05) is 25.6 Å². The van der Waals surface area contributed by atoms with Crippen LogP contribution in [0.5, 0.6) is 0 Å². The molecule has 0 spiro atoms. The molecule has 3 rings (SSSR count). The zero-order chi connectivity index (χ0) is 17.6. The van der Waals surface area contributed by atoms with Crippen molar-refractivity contribution >= 4 is 17.4 Å². The van der Waals surface area contributed by atoms with E-state index in [4.69, 9.17) is 9.47 Å². The maximum Gasteiger partial charge on any atom is 0.174 e. The van der Waals surface area contributed by atoms with Gasteiger partial charge < -0.3 is 14.4 Å². The van der Waals surface area contributed by atoms with E-state index >= 15 is 0 Å². The summed E-state index contributed by atoms with van der Waals surface area (Å²) in [4.78, 5) is 3.76. The van der Waals surface area contributed by atoms with E-state index in [1.165, 1.54) is 16.1 Å². The second-order valence-corrected chi connectivity index (χ2v) is 7.33. The Morgan fingerprint density at radius 2 is 1.60 bits per heavy atom. The minimum Gasteiger partial charge on any atom is -0.361 e. The Morgan fingerprint density at radius 1 is 0.960 bits per heavy atom. The number of thioether (sulfide) groups is 1. The summed E-state index contributed by atoms with van der Waals surface area (Å²) in [7, 11) is 0. The highest BCUT2D eigenvalue weighted by Gasteiger charge is 2.34. The molecule has 3 nitrogen and oxygen atoms in total. The molecule has 4 heteroatoms. The van der Waals surface area contributed by atoms with Crippen molar-refractivity contribution in [1.29, 1.82) is 0 Å². The molecule has 0 saturated carbocycles. The van der Waals surface area contributed by atoms with Crippen molar-refractivity contribution in [3.05, 3.63) is 60.2 Å².